The molecule has 3 rings (SSSR count). The number of sulfonamides is 1. The highest BCUT2D eigenvalue weighted by Gasteiger charge is 2.33. The lowest BCUT2D eigenvalue weighted by Gasteiger charge is -2.32. The smallest absolute Gasteiger partial charge is 0.243 e. The predicted molar refractivity (Wildman–Crippen MR) is 106 cm³/mol. The van der Waals surface area contributed by atoms with Gasteiger partial charge < -0.3 is 5.32 Å². The van der Waals surface area contributed by atoms with Gasteiger partial charge in [-0.1, -0.05) is 41.9 Å². The van der Waals surface area contributed by atoms with Gasteiger partial charge in [-0.05, 0) is 49.6 Å². The second-order valence-electron chi connectivity index (χ2n) is 6.80. The van der Waals surface area contributed by atoms with E-state index in [0.717, 1.165) is 5.56 Å². The summed E-state index contributed by atoms with van der Waals surface area (Å²) < 4.78 is 27.1. The molecule has 2 aromatic rings. The zero-order valence-electron chi connectivity index (χ0n) is 15.1. The second-order valence-corrected chi connectivity index (χ2v) is 9.17. The topological polar surface area (TPSA) is 66.5 Å². The molecule has 5 nitrogen and oxygen atoms in total. The maximum atomic E-state index is 12.9. The molecule has 1 fully saturated rings. The molecule has 1 aliphatic rings. The summed E-state index contributed by atoms with van der Waals surface area (Å²) in [7, 11) is -3.63. The molecule has 0 radical (unpaired) electrons. The van der Waals surface area contributed by atoms with Crippen LogP contribution in [0.3, 0.4) is 0 Å². The fourth-order valence-electron chi connectivity index (χ4n) is 3.29. The molecule has 1 amide bonds. The molecule has 1 unspecified atom stereocenters. The highest BCUT2D eigenvalue weighted by molar-refractivity contribution is 7.89. The van der Waals surface area contributed by atoms with E-state index in [1.165, 1.54) is 16.4 Å². The SMILES string of the molecule is C[C@@H](NC(=O)C1CCCN(S(=O)(=O)c2ccc(Cl)cc2)C1)c1ccccc1. The van der Waals surface area contributed by atoms with Crippen molar-refractivity contribution in [2.45, 2.75) is 30.7 Å². The maximum Gasteiger partial charge on any atom is 0.243 e. The van der Waals surface area contributed by atoms with Crippen molar-refractivity contribution in [3.63, 3.8) is 0 Å². The van der Waals surface area contributed by atoms with Gasteiger partial charge >= 0.3 is 0 Å². The second kappa shape index (κ2) is 8.42. The van der Waals surface area contributed by atoms with Crippen LogP contribution in [-0.4, -0.2) is 31.7 Å². The Hall–Kier alpha value is -1.89. The number of nitrogens with zero attached hydrogens (tertiary/aromatic N) is 1. The Labute approximate surface area is 165 Å². The Kier molecular flexibility index (Phi) is 6.19. The van der Waals surface area contributed by atoms with Crippen molar-refractivity contribution in [2.75, 3.05) is 13.1 Å². The summed E-state index contributed by atoms with van der Waals surface area (Å²) in [5.74, 6) is -0.464. The molecule has 1 N–H and O–H groups in total. The van der Waals surface area contributed by atoms with Crippen molar-refractivity contribution in [3.8, 4) is 0 Å². The maximum absolute atomic E-state index is 12.9. The average molecular weight is 407 g/mol. The lowest BCUT2D eigenvalue weighted by molar-refractivity contribution is -0.126. The molecule has 0 saturated carbocycles. The normalized spacial score (nSPS) is 19.4. The zero-order valence-corrected chi connectivity index (χ0v) is 16.7. The molecule has 2 atom stereocenters. The summed E-state index contributed by atoms with van der Waals surface area (Å²) in [5, 5.41) is 3.49. The molecular weight excluding hydrogens is 384 g/mol. The van der Waals surface area contributed by atoms with Gasteiger partial charge in [-0.2, -0.15) is 4.31 Å². The molecule has 0 spiro atoms. The Bertz CT molecular complexity index is 885. The molecule has 0 aliphatic carbocycles. The lowest BCUT2D eigenvalue weighted by atomic mass is 9.98. The minimum absolute atomic E-state index is 0.109. The molecule has 1 aliphatic heterocycles. The molecule has 144 valence electrons. The van der Waals surface area contributed by atoms with Crippen LogP contribution in [0.15, 0.2) is 59.5 Å². The quantitative estimate of drug-likeness (QED) is 0.824. The first-order valence-electron chi connectivity index (χ1n) is 8.99. The van der Waals surface area contributed by atoms with Crippen molar-refractivity contribution >= 4 is 27.5 Å². The molecule has 1 saturated heterocycles. The largest absolute Gasteiger partial charge is 0.349 e. The molecule has 27 heavy (non-hydrogen) atoms. The van der Waals surface area contributed by atoms with Crippen LogP contribution in [0.25, 0.3) is 0 Å². The number of hydrogen-bond acceptors (Lipinski definition) is 3. The van der Waals surface area contributed by atoms with Crippen molar-refractivity contribution in [3.05, 3.63) is 65.2 Å². The Morgan fingerprint density at radius 1 is 1.15 bits per heavy atom. The highest BCUT2D eigenvalue weighted by atomic mass is 35.5. The lowest BCUT2D eigenvalue weighted by Crippen LogP contribution is -2.45. The van der Waals surface area contributed by atoms with Crippen molar-refractivity contribution in [1.82, 2.24) is 9.62 Å². The summed E-state index contributed by atoms with van der Waals surface area (Å²) in [6.07, 6.45) is 1.34. The first-order valence-corrected chi connectivity index (χ1v) is 10.8. The van der Waals surface area contributed by atoms with Crippen LogP contribution in [-0.2, 0) is 14.8 Å². The minimum atomic E-state index is -3.63. The number of rotatable bonds is 5. The number of amides is 1. The van der Waals surface area contributed by atoms with Gasteiger partial charge in [0, 0.05) is 18.1 Å². The third-order valence-electron chi connectivity index (χ3n) is 4.86. The number of hydrogen-bond donors (Lipinski definition) is 1. The molecular formula is C20H23ClN2O3S. The Balaban J connectivity index is 1.68. The molecule has 1 heterocycles. The van der Waals surface area contributed by atoms with E-state index in [0.29, 0.717) is 24.4 Å². The van der Waals surface area contributed by atoms with Crippen molar-refractivity contribution < 1.29 is 13.2 Å². The number of halogens is 1. The van der Waals surface area contributed by atoms with E-state index in [2.05, 4.69) is 5.32 Å². The Morgan fingerprint density at radius 2 is 1.81 bits per heavy atom. The summed E-state index contributed by atoms with van der Waals surface area (Å²) in [5.41, 5.74) is 1.02. The van der Waals surface area contributed by atoms with Gasteiger partial charge in [0.1, 0.15) is 0 Å². The standard InChI is InChI=1S/C20H23ClN2O3S/c1-15(16-6-3-2-4-7-16)22-20(24)17-8-5-13-23(14-17)27(25,26)19-11-9-18(21)10-12-19/h2-4,6-7,9-12,15,17H,5,8,13-14H2,1H3,(H,22,24)/t15-,17?/m1/s1. The van der Waals surface area contributed by atoms with Crippen LogP contribution < -0.4 is 5.32 Å². The first-order chi connectivity index (χ1) is 12.9. The summed E-state index contributed by atoms with van der Waals surface area (Å²) in [4.78, 5) is 12.9. The Morgan fingerprint density at radius 3 is 2.48 bits per heavy atom. The van der Waals surface area contributed by atoms with Gasteiger partial charge in [-0.25, -0.2) is 8.42 Å². The number of carbonyl (C=O) groups excluding carboxylic acids is 1. The van der Waals surface area contributed by atoms with Crippen LogP contribution >= 0.6 is 11.6 Å². The fraction of sp³-hybridized carbons (Fsp3) is 0.350. The van der Waals surface area contributed by atoms with Crippen molar-refractivity contribution in [2.24, 2.45) is 5.92 Å². The van der Waals surface area contributed by atoms with Crippen LogP contribution in [0.2, 0.25) is 5.02 Å². The van der Waals surface area contributed by atoms with Crippen LogP contribution in [0.5, 0.6) is 0 Å². The van der Waals surface area contributed by atoms with E-state index in [-0.39, 0.29) is 29.3 Å². The van der Waals surface area contributed by atoms with E-state index >= 15 is 0 Å². The molecule has 0 aromatic heterocycles. The van der Waals surface area contributed by atoms with Gasteiger partial charge in [0.2, 0.25) is 15.9 Å². The number of nitrogens with one attached hydrogen (secondary N) is 1. The average Bonchev–Trinajstić information content (AvgIpc) is 2.69. The first kappa shape index (κ1) is 19.9. The molecule has 7 heteroatoms. The van der Waals surface area contributed by atoms with E-state index in [9.17, 15) is 13.2 Å². The van der Waals surface area contributed by atoms with Gasteiger partial charge in [-0.15, -0.1) is 0 Å². The van der Waals surface area contributed by atoms with E-state index < -0.39 is 10.0 Å². The van der Waals surface area contributed by atoms with Crippen molar-refractivity contribution in [1.29, 1.82) is 0 Å². The van der Waals surface area contributed by atoms with E-state index in [1.807, 2.05) is 37.3 Å². The van der Waals surface area contributed by atoms with Gasteiger partial charge in [-0.3, -0.25) is 4.79 Å². The third-order valence-corrected chi connectivity index (χ3v) is 7.00. The third kappa shape index (κ3) is 4.69. The predicted octanol–water partition coefficient (Wildman–Crippen LogP) is 3.62. The number of piperidine rings is 1. The van der Waals surface area contributed by atoms with Crippen LogP contribution in [0.1, 0.15) is 31.4 Å². The summed E-state index contributed by atoms with van der Waals surface area (Å²) in [6, 6.07) is 15.7. The van der Waals surface area contributed by atoms with E-state index in [4.69, 9.17) is 11.6 Å². The fourth-order valence-corrected chi connectivity index (χ4v) is 4.94. The van der Waals surface area contributed by atoms with Crippen LogP contribution in [0.4, 0.5) is 0 Å². The number of benzene rings is 2. The minimum Gasteiger partial charge on any atom is -0.349 e. The van der Waals surface area contributed by atoms with Gasteiger partial charge in [0.25, 0.3) is 0 Å². The molecule has 0 bridgehead atoms. The monoisotopic (exact) mass is 406 g/mol. The molecule has 2 aromatic carbocycles. The van der Waals surface area contributed by atoms with Crippen LogP contribution in [0, 0.1) is 5.92 Å². The summed E-state index contributed by atoms with van der Waals surface area (Å²) >= 11 is 5.85. The van der Waals surface area contributed by atoms with Gasteiger partial charge in [0.05, 0.1) is 16.9 Å². The van der Waals surface area contributed by atoms with E-state index in [1.54, 1.807) is 12.1 Å². The summed E-state index contributed by atoms with van der Waals surface area (Å²) in [6.45, 7) is 2.54. The highest BCUT2D eigenvalue weighted by Crippen LogP contribution is 2.25. The zero-order chi connectivity index (χ0) is 19.4. The number of carbonyl (C=O) groups is 1. The van der Waals surface area contributed by atoms with Gasteiger partial charge in [0.15, 0.2) is 0 Å².